The number of benzene rings is 1. The number of carbonyl (C=O) groups excluding carboxylic acids is 2. The van der Waals surface area contributed by atoms with Gasteiger partial charge in [0, 0.05) is 36.7 Å². The number of anilines is 1. The fourth-order valence-electron chi connectivity index (χ4n) is 3.44. The summed E-state index contributed by atoms with van der Waals surface area (Å²) in [6.45, 7) is 8.83. The summed E-state index contributed by atoms with van der Waals surface area (Å²) < 4.78 is 11.8. The van der Waals surface area contributed by atoms with Gasteiger partial charge >= 0.3 is 6.09 Å². The summed E-state index contributed by atoms with van der Waals surface area (Å²) in [6, 6.07) is 5.85. The Hall–Kier alpha value is -1.80. The number of amides is 2. The van der Waals surface area contributed by atoms with E-state index >= 15 is 0 Å². The molecule has 28 heavy (non-hydrogen) atoms. The minimum absolute atomic E-state index is 0.0212. The third-order valence-corrected chi connectivity index (χ3v) is 5.31. The lowest BCUT2D eigenvalue weighted by Gasteiger charge is -2.35. The minimum Gasteiger partial charge on any atom is -0.482 e. The van der Waals surface area contributed by atoms with E-state index in [1.54, 1.807) is 4.90 Å². The molecule has 0 bridgehead atoms. The number of nitrogens with one attached hydrogen (secondary N) is 1. The first kappa shape index (κ1) is 20.9. The minimum atomic E-state index is -0.485. The van der Waals surface area contributed by atoms with Crippen LogP contribution >= 0.6 is 15.9 Å². The molecule has 2 aliphatic rings. The summed E-state index contributed by atoms with van der Waals surface area (Å²) in [7, 11) is 0. The largest absolute Gasteiger partial charge is 0.482 e. The number of ether oxygens (including phenoxy) is 2. The predicted octanol–water partition coefficient (Wildman–Crippen LogP) is 3.16. The van der Waals surface area contributed by atoms with Gasteiger partial charge in [-0.1, -0.05) is 15.9 Å². The zero-order valence-electron chi connectivity index (χ0n) is 16.7. The number of nitrogens with zero attached hydrogens (tertiary/aromatic N) is 2. The lowest BCUT2D eigenvalue weighted by atomic mass is 10.1. The van der Waals surface area contributed by atoms with Crippen molar-refractivity contribution in [3.63, 3.8) is 0 Å². The van der Waals surface area contributed by atoms with Crippen molar-refractivity contribution in [3.05, 3.63) is 22.7 Å². The number of hydrogen-bond donors (Lipinski definition) is 1. The average molecular weight is 454 g/mol. The van der Waals surface area contributed by atoms with Gasteiger partial charge in [-0.2, -0.15) is 0 Å². The molecule has 0 radical (unpaired) electrons. The number of likely N-dealkylation sites (tertiary alicyclic amines) is 1. The highest BCUT2D eigenvalue weighted by molar-refractivity contribution is 9.10. The first-order valence-electron chi connectivity index (χ1n) is 9.66. The molecule has 0 saturated carbocycles. The van der Waals surface area contributed by atoms with Gasteiger partial charge in [-0.05, 0) is 51.8 Å². The Kier molecular flexibility index (Phi) is 6.50. The second-order valence-corrected chi connectivity index (χ2v) is 9.12. The van der Waals surface area contributed by atoms with Crippen molar-refractivity contribution in [1.29, 1.82) is 0 Å². The summed E-state index contributed by atoms with van der Waals surface area (Å²) in [5.41, 5.74) is 0.327. The van der Waals surface area contributed by atoms with Crippen LogP contribution in [-0.4, -0.2) is 61.3 Å². The topological polar surface area (TPSA) is 71.1 Å². The van der Waals surface area contributed by atoms with Crippen molar-refractivity contribution in [2.75, 3.05) is 37.7 Å². The number of fused-ring (bicyclic) bond motifs is 1. The molecule has 1 N–H and O–H groups in total. The molecule has 7 nitrogen and oxygen atoms in total. The van der Waals surface area contributed by atoms with Crippen LogP contribution in [0.25, 0.3) is 0 Å². The van der Waals surface area contributed by atoms with Gasteiger partial charge in [0.05, 0.1) is 5.69 Å². The first-order chi connectivity index (χ1) is 13.2. The number of alkyl carbamates (subject to hydrolysis) is 1. The van der Waals surface area contributed by atoms with Crippen LogP contribution in [0.3, 0.4) is 0 Å². The van der Waals surface area contributed by atoms with Crippen molar-refractivity contribution in [2.24, 2.45) is 0 Å². The fraction of sp³-hybridized carbons (Fsp3) is 0.600. The lowest BCUT2D eigenvalue weighted by molar-refractivity contribution is -0.121. The monoisotopic (exact) mass is 453 g/mol. The average Bonchev–Trinajstić information content (AvgIpc) is 2.60. The fourth-order valence-corrected chi connectivity index (χ4v) is 3.79. The summed E-state index contributed by atoms with van der Waals surface area (Å²) in [4.78, 5) is 28.4. The van der Waals surface area contributed by atoms with E-state index in [2.05, 4.69) is 26.1 Å². The molecule has 1 fully saturated rings. The van der Waals surface area contributed by atoms with Gasteiger partial charge in [0.2, 0.25) is 0 Å². The molecule has 0 spiro atoms. The van der Waals surface area contributed by atoms with E-state index in [1.807, 2.05) is 39.0 Å². The molecule has 2 aliphatic heterocycles. The quantitative estimate of drug-likeness (QED) is 0.757. The Morgan fingerprint density at radius 1 is 1.29 bits per heavy atom. The van der Waals surface area contributed by atoms with Gasteiger partial charge in [0.1, 0.15) is 11.4 Å². The summed E-state index contributed by atoms with van der Waals surface area (Å²) in [5, 5.41) is 2.95. The highest BCUT2D eigenvalue weighted by Crippen LogP contribution is 2.34. The SMILES string of the molecule is CC(C)(C)OC(=O)NC1CCN(CCN2C(=O)COc3ccc(Br)cc32)CC1. The van der Waals surface area contributed by atoms with Crippen molar-refractivity contribution < 1.29 is 19.1 Å². The van der Waals surface area contributed by atoms with Crippen LogP contribution < -0.4 is 15.0 Å². The molecule has 0 unspecified atom stereocenters. The van der Waals surface area contributed by atoms with E-state index in [-0.39, 0.29) is 24.6 Å². The standard InChI is InChI=1S/C20H28BrN3O4/c1-20(2,3)28-19(26)22-15-6-8-23(9-7-15)10-11-24-16-12-14(21)4-5-17(16)27-13-18(24)25/h4-5,12,15H,6-11,13H2,1-3H3,(H,22,26). The Bertz CT molecular complexity index is 727. The highest BCUT2D eigenvalue weighted by atomic mass is 79.9. The molecule has 0 atom stereocenters. The van der Waals surface area contributed by atoms with Crippen LogP contribution in [0.1, 0.15) is 33.6 Å². The maximum absolute atomic E-state index is 12.3. The van der Waals surface area contributed by atoms with E-state index in [9.17, 15) is 9.59 Å². The number of hydrogen-bond acceptors (Lipinski definition) is 5. The van der Waals surface area contributed by atoms with Gasteiger partial charge in [0.25, 0.3) is 5.91 Å². The summed E-state index contributed by atoms with van der Waals surface area (Å²) in [6.07, 6.45) is 1.39. The number of piperidine rings is 1. The molecule has 1 aromatic carbocycles. The van der Waals surface area contributed by atoms with Crippen LogP contribution in [0.2, 0.25) is 0 Å². The number of carbonyl (C=O) groups is 2. The van der Waals surface area contributed by atoms with Crippen molar-refractivity contribution in [2.45, 2.75) is 45.3 Å². The van der Waals surface area contributed by atoms with Crippen LogP contribution in [0.15, 0.2) is 22.7 Å². The molecule has 2 heterocycles. The molecule has 0 aromatic heterocycles. The molecular weight excluding hydrogens is 426 g/mol. The zero-order chi connectivity index (χ0) is 20.3. The van der Waals surface area contributed by atoms with E-state index in [0.29, 0.717) is 6.54 Å². The smallest absolute Gasteiger partial charge is 0.407 e. The Morgan fingerprint density at radius 3 is 2.68 bits per heavy atom. The zero-order valence-corrected chi connectivity index (χ0v) is 18.3. The van der Waals surface area contributed by atoms with Crippen molar-refractivity contribution in [3.8, 4) is 5.75 Å². The molecule has 2 amide bonds. The van der Waals surface area contributed by atoms with E-state index in [1.165, 1.54) is 0 Å². The molecule has 1 aromatic rings. The van der Waals surface area contributed by atoms with E-state index in [4.69, 9.17) is 9.47 Å². The molecule has 0 aliphatic carbocycles. The Balaban J connectivity index is 1.48. The molecule has 8 heteroatoms. The van der Waals surface area contributed by atoms with Crippen molar-refractivity contribution in [1.82, 2.24) is 10.2 Å². The van der Waals surface area contributed by atoms with Crippen LogP contribution in [0.4, 0.5) is 10.5 Å². The molecular formula is C20H28BrN3O4. The van der Waals surface area contributed by atoms with Gasteiger partial charge in [-0.3, -0.25) is 4.79 Å². The van der Waals surface area contributed by atoms with E-state index < -0.39 is 5.60 Å². The number of halogens is 1. The summed E-state index contributed by atoms with van der Waals surface area (Å²) >= 11 is 3.46. The normalized spacial score (nSPS) is 18.4. The summed E-state index contributed by atoms with van der Waals surface area (Å²) in [5.74, 6) is 0.718. The highest BCUT2D eigenvalue weighted by Gasteiger charge is 2.28. The van der Waals surface area contributed by atoms with Gasteiger partial charge < -0.3 is 24.6 Å². The Morgan fingerprint density at radius 2 is 2.00 bits per heavy atom. The third kappa shape index (κ3) is 5.61. The van der Waals surface area contributed by atoms with Crippen LogP contribution in [0.5, 0.6) is 5.75 Å². The van der Waals surface area contributed by atoms with E-state index in [0.717, 1.165) is 48.4 Å². The van der Waals surface area contributed by atoms with Crippen LogP contribution in [0, 0.1) is 0 Å². The predicted molar refractivity (Wildman–Crippen MR) is 111 cm³/mol. The lowest BCUT2D eigenvalue weighted by Crippen LogP contribution is -2.48. The Labute approximate surface area is 174 Å². The molecule has 1 saturated heterocycles. The van der Waals surface area contributed by atoms with Gasteiger partial charge in [0.15, 0.2) is 6.61 Å². The first-order valence-corrected chi connectivity index (χ1v) is 10.5. The molecule has 3 rings (SSSR count). The molecule has 154 valence electrons. The third-order valence-electron chi connectivity index (χ3n) is 4.81. The number of rotatable bonds is 4. The second kappa shape index (κ2) is 8.69. The maximum atomic E-state index is 12.3. The maximum Gasteiger partial charge on any atom is 0.407 e. The van der Waals surface area contributed by atoms with Gasteiger partial charge in [-0.25, -0.2) is 4.79 Å². The van der Waals surface area contributed by atoms with Gasteiger partial charge in [-0.15, -0.1) is 0 Å². The van der Waals surface area contributed by atoms with Crippen molar-refractivity contribution >= 4 is 33.6 Å². The second-order valence-electron chi connectivity index (χ2n) is 8.21. The van der Waals surface area contributed by atoms with Crippen LogP contribution in [-0.2, 0) is 9.53 Å².